The molecule has 0 aliphatic rings. The molecule has 0 atom stereocenters. The maximum absolute atomic E-state index is 5.46. The Kier molecular flexibility index (Phi) is 10.8. The Balaban J connectivity index is 0.984. The fraction of sp³-hybridized carbons (Fsp3) is 0.0441. The van der Waals surface area contributed by atoms with Gasteiger partial charge in [-0.15, -0.1) is 0 Å². The third-order valence-electron chi connectivity index (χ3n) is 14.0. The molecule has 0 amide bonds. The van der Waals surface area contributed by atoms with Gasteiger partial charge < -0.3 is 0 Å². The Labute approximate surface area is 413 Å². The minimum atomic E-state index is 0.878. The normalized spacial score (nSPS) is 12.4. The number of fused-ring (bicyclic) bond motifs is 7. The van der Waals surface area contributed by atoms with Crippen LogP contribution in [-0.4, -0.2) is 15.0 Å². The summed E-state index contributed by atoms with van der Waals surface area (Å²) >= 11 is 0. The number of rotatable bonds is 8. The zero-order valence-electron chi connectivity index (χ0n) is 40.0. The standard InChI is InChI=1S/C68H49N3/c1-42(2)14-16-46-18-22-50-23-27-56(41-62(50)44(46)4)60-38-59(43(3)15-17-47-19-24-51-30-33-63(69-66(51)45(47)5)57-28-20-48-10-6-8-12-54(48)36-57)39-61(40-60)65-35-32-53-26-25-52-31-34-64(70-67(52)68(53)71-65)58-29-21-49-11-7-9-13-55(49)37-58/h6-41H,1,5H2,2-4H3/b16-14-,43-15+,47-17-. The molecule has 0 aliphatic heterocycles. The maximum Gasteiger partial charge on any atom is 0.0972 e. The van der Waals surface area contributed by atoms with Gasteiger partial charge in [0.15, 0.2) is 0 Å². The Bertz CT molecular complexity index is 4360. The van der Waals surface area contributed by atoms with Crippen LogP contribution in [0, 0.1) is 6.92 Å². The molecule has 71 heavy (non-hydrogen) atoms. The average molecular weight is 908 g/mol. The zero-order chi connectivity index (χ0) is 48.2. The molecule has 0 fully saturated rings. The van der Waals surface area contributed by atoms with E-state index < -0.39 is 0 Å². The molecule has 0 saturated carbocycles. The van der Waals surface area contributed by atoms with E-state index in [1.807, 2.05) is 6.92 Å². The number of nitrogens with zero attached hydrogens (tertiary/aromatic N) is 3. The summed E-state index contributed by atoms with van der Waals surface area (Å²) in [5, 5.41) is 12.3. The van der Waals surface area contributed by atoms with E-state index in [9.17, 15) is 0 Å². The molecule has 12 aromatic rings. The molecule has 0 bridgehead atoms. The van der Waals surface area contributed by atoms with Crippen LogP contribution in [0.1, 0.15) is 30.5 Å². The predicted molar refractivity (Wildman–Crippen MR) is 305 cm³/mol. The van der Waals surface area contributed by atoms with Gasteiger partial charge in [0.2, 0.25) is 0 Å². The van der Waals surface area contributed by atoms with Crippen molar-refractivity contribution in [2.24, 2.45) is 0 Å². The maximum atomic E-state index is 5.46. The fourth-order valence-electron chi connectivity index (χ4n) is 9.93. The van der Waals surface area contributed by atoms with Crippen LogP contribution < -0.4 is 10.4 Å². The van der Waals surface area contributed by atoms with Crippen LogP contribution in [0.25, 0.3) is 134 Å². The van der Waals surface area contributed by atoms with E-state index in [0.29, 0.717) is 0 Å². The summed E-state index contributed by atoms with van der Waals surface area (Å²) in [6.07, 6.45) is 8.62. The molecular formula is C68H49N3. The molecule has 0 N–H and O–H groups in total. The minimum absolute atomic E-state index is 0.878. The van der Waals surface area contributed by atoms with Crippen molar-refractivity contribution in [3.05, 3.63) is 246 Å². The van der Waals surface area contributed by atoms with Crippen molar-refractivity contribution in [1.29, 1.82) is 0 Å². The molecule has 0 aliphatic carbocycles. The second kappa shape index (κ2) is 17.8. The topological polar surface area (TPSA) is 38.7 Å². The highest BCUT2D eigenvalue weighted by Gasteiger charge is 2.14. The zero-order valence-corrected chi connectivity index (χ0v) is 40.0. The molecule has 3 nitrogen and oxygen atoms in total. The highest BCUT2D eigenvalue weighted by molar-refractivity contribution is 6.04. The van der Waals surface area contributed by atoms with Gasteiger partial charge in [0, 0.05) is 38.1 Å². The van der Waals surface area contributed by atoms with Crippen molar-refractivity contribution in [2.45, 2.75) is 20.8 Å². The van der Waals surface area contributed by atoms with E-state index >= 15 is 0 Å². The molecule has 3 heteroatoms. The number of hydrogen-bond acceptors (Lipinski definition) is 3. The molecule has 0 saturated heterocycles. The molecule has 336 valence electrons. The summed E-state index contributed by atoms with van der Waals surface area (Å²) < 4.78 is 0. The molecule has 3 aromatic heterocycles. The number of aryl methyl sites for hydroxylation is 1. The summed E-state index contributed by atoms with van der Waals surface area (Å²) in [7, 11) is 0. The third kappa shape index (κ3) is 8.28. The average Bonchev–Trinajstić information content (AvgIpc) is 3.41. The quantitative estimate of drug-likeness (QED) is 0.113. The highest BCUT2D eigenvalue weighted by atomic mass is 14.8. The van der Waals surface area contributed by atoms with Crippen molar-refractivity contribution in [3.63, 3.8) is 0 Å². The molecule has 0 spiro atoms. The minimum Gasteiger partial charge on any atom is -0.247 e. The van der Waals surface area contributed by atoms with Gasteiger partial charge in [0.1, 0.15) is 0 Å². The molecule has 3 heterocycles. The first-order chi connectivity index (χ1) is 34.7. The first-order valence-corrected chi connectivity index (χ1v) is 24.2. The third-order valence-corrected chi connectivity index (χ3v) is 14.0. The van der Waals surface area contributed by atoms with E-state index in [0.717, 1.165) is 105 Å². The fourth-order valence-corrected chi connectivity index (χ4v) is 9.93. The molecule has 0 unspecified atom stereocenters. The summed E-state index contributed by atoms with van der Waals surface area (Å²) in [6.45, 7) is 15.1. The van der Waals surface area contributed by atoms with Gasteiger partial charge in [-0.05, 0) is 146 Å². The molecule has 12 rings (SSSR count). The van der Waals surface area contributed by atoms with Crippen LogP contribution in [0.3, 0.4) is 0 Å². The number of pyridine rings is 3. The SMILES string of the molecule is C=C(C)/C=C\c1ccc2ccc(-c3cc(/C(C)=C/C=c4/ccc5ccc(-c6ccc7ccccc7c6)nc5c4=C)cc(-c4ccc5ccc6ccc(-c7ccc8ccccc8c7)nc6c5n4)c3)cc2c1C. The van der Waals surface area contributed by atoms with E-state index in [1.54, 1.807) is 0 Å². The van der Waals surface area contributed by atoms with Crippen LogP contribution >= 0.6 is 0 Å². The Morgan fingerprint density at radius 2 is 0.930 bits per heavy atom. The van der Waals surface area contributed by atoms with Gasteiger partial charge >= 0.3 is 0 Å². The Morgan fingerprint density at radius 1 is 0.437 bits per heavy atom. The van der Waals surface area contributed by atoms with Crippen LogP contribution in [0.2, 0.25) is 0 Å². The van der Waals surface area contributed by atoms with Crippen LogP contribution in [-0.2, 0) is 0 Å². The van der Waals surface area contributed by atoms with Crippen LogP contribution in [0.15, 0.2) is 218 Å². The van der Waals surface area contributed by atoms with Crippen molar-refractivity contribution >= 4 is 89.3 Å². The predicted octanol–water partition coefficient (Wildman–Crippen LogP) is 16.7. The van der Waals surface area contributed by atoms with Gasteiger partial charge in [-0.3, -0.25) is 0 Å². The van der Waals surface area contributed by atoms with Crippen molar-refractivity contribution in [1.82, 2.24) is 15.0 Å². The Hall–Kier alpha value is -9.05. The van der Waals surface area contributed by atoms with Crippen molar-refractivity contribution < 1.29 is 0 Å². The summed E-state index contributed by atoms with van der Waals surface area (Å²) in [5.41, 5.74) is 16.5. The smallest absolute Gasteiger partial charge is 0.0972 e. The van der Waals surface area contributed by atoms with E-state index in [2.05, 4.69) is 245 Å². The van der Waals surface area contributed by atoms with E-state index in [4.69, 9.17) is 15.0 Å². The van der Waals surface area contributed by atoms with E-state index in [1.165, 1.54) is 43.4 Å². The second-order valence-electron chi connectivity index (χ2n) is 18.8. The lowest BCUT2D eigenvalue weighted by Gasteiger charge is -2.14. The van der Waals surface area contributed by atoms with Gasteiger partial charge in [-0.2, -0.15) is 0 Å². The Morgan fingerprint density at radius 3 is 1.56 bits per heavy atom. The van der Waals surface area contributed by atoms with Crippen LogP contribution in [0.4, 0.5) is 0 Å². The van der Waals surface area contributed by atoms with Crippen molar-refractivity contribution in [2.75, 3.05) is 0 Å². The number of allylic oxidation sites excluding steroid dienone is 4. The summed E-state index contributed by atoms with van der Waals surface area (Å²) in [6, 6.07) is 69.5. The monoisotopic (exact) mass is 907 g/mol. The van der Waals surface area contributed by atoms with Crippen LogP contribution in [0.5, 0.6) is 0 Å². The van der Waals surface area contributed by atoms with Gasteiger partial charge in [-0.25, -0.2) is 15.0 Å². The number of benzene rings is 9. The lowest BCUT2D eigenvalue weighted by Crippen LogP contribution is -2.24. The van der Waals surface area contributed by atoms with E-state index in [-0.39, 0.29) is 0 Å². The molecule has 0 radical (unpaired) electrons. The number of aromatic nitrogens is 3. The second-order valence-corrected chi connectivity index (χ2v) is 18.8. The van der Waals surface area contributed by atoms with Gasteiger partial charge in [-0.1, -0.05) is 183 Å². The summed E-state index contributed by atoms with van der Waals surface area (Å²) in [5.74, 6) is 0. The van der Waals surface area contributed by atoms with Gasteiger partial charge in [0.05, 0.1) is 33.6 Å². The lowest BCUT2D eigenvalue weighted by atomic mass is 9.92. The lowest BCUT2D eigenvalue weighted by molar-refractivity contribution is 1.36. The highest BCUT2D eigenvalue weighted by Crippen LogP contribution is 2.36. The largest absolute Gasteiger partial charge is 0.247 e. The first-order valence-electron chi connectivity index (χ1n) is 24.2. The number of hydrogen-bond donors (Lipinski definition) is 0. The van der Waals surface area contributed by atoms with Crippen molar-refractivity contribution in [3.8, 4) is 44.9 Å². The molecule has 9 aromatic carbocycles. The first kappa shape index (κ1) is 43.2. The van der Waals surface area contributed by atoms with Gasteiger partial charge in [0.25, 0.3) is 0 Å². The molecular weight excluding hydrogens is 859 g/mol. The summed E-state index contributed by atoms with van der Waals surface area (Å²) in [4.78, 5) is 16.0.